The first-order chi connectivity index (χ1) is 7.00. The minimum atomic E-state index is -0.485. The van der Waals surface area contributed by atoms with Gasteiger partial charge in [-0.3, -0.25) is 4.79 Å². The van der Waals surface area contributed by atoms with Crippen LogP contribution in [-0.4, -0.2) is 31.0 Å². The van der Waals surface area contributed by atoms with Gasteiger partial charge in [-0.05, 0) is 31.2 Å². The first kappa shape index (κ1) is 11.9. The summed E-state index contributed by atoms with van der Waals surface area (Å²) in [7, 11) is 3.40. The molecule has 1 aromatic carbocycles. The Balaban J connectivity index is 2.62. The van der Waals surface area contributed by atoms with Crippen molar-refractivity contribution < 1.29 is 9.53 Å². The topological polar surface area (TPSA) is 29.5 Å². The van der Waals surface area contributed by atoms with E-state index in [1.807, 2.05) is 0 Å². The highest BCUT2D eigenvalue weighted by atomic mass is 35.5. The Morgan fingerprint density at radius 3 is 2.33 bits per heavy atom. The van der Waals surface area contributed by atoms with Gasteiger partial charge in [-0.1, -0.05) is 11.6 Å². The van der Waals surface area contributed by atoms with Gasteiger partial charge in [-0.15, -0.1) is 0 Å². The molecule has 0 bridgehead atoms. The van der Waals surface area contributed by atoms with Crippen LogP contribution in [0.15, 0.2) is 24.3 Å². The molecule has 1 unspecified atom stereocenters. The maximum Gasteiger partial charge on any atom is 0.262 e. The number of nitrogens with zero attached hydrogens (tertiary/aromatic N) is 1. The van der Waals surface area contributed by atoms with E-state index in [1.54, 1.807) is 45.3 Å². The zero-order chi connectivity index (χ0) is 11.4. The number of halogens is 1. The average molecular weight is 228 g/mol. The first-order valence-electron chi connectivity index (χ1n) is 4.64. The van der Waals surface area contributed by atoms with E-state index in [2.05, 4.69) is 0 Å². The molecule has 1 atom stereocenters. The van der Waals surface area contributed by atoms with Gasteiger partial charge in [0.15, 0.2) is 6.10 Å². The number of benzene rings is 1. The van der Waals surface area contributed by atoms with E-state index < -0.39 is 6.10 Å². The van der Waals surface area contributed by atoms with E-state index in [1.165, 1.54) is 4.90 Å². The van der Waals surface area contributed by atoms with Crippen LogP contribution in [0.1, 0.15) is 6.92 Å². The molecule has 0 spiro atoms. The van der Waals surface area contributed by atoms with E-state index in [9.17, 15) is 4.79 Å². The quantitative estimate of drug-likeness (QED) is 0.792. The fourth-order valence-electron chi connectivity index (χ4n) is 1.13. The zero-order valence-electron chi connectivity index (χ0n) is 9.03. The summed E-state index contributed by atoms with van der Waals surface area (Å²) < 4.78 is 5.44. The highest BCUT2D eigenvalue weighted by Crippen LogP contribution is 2.16. The molecule has 0 radical (unpaired) electrons. The summed E-state index contributed by atoms with van der Waals surface area (Å²) in [6.07, 6.45) is -0.485. The van der Waals surface area contributed by atoms with Crippen LogP contribution >= 0.6 is 11.6 Å². The van der Waals surface area contributed by atoms with Crippen LogP contribution in [0, 0.1) is 0 Å². The molecule has 0 heterocycles. The monoisotopic (exact) mass is 227 g/mol. The average Bonchev–Trinajstić information content (AvgIpc) is 2.20. The van der Waals surface area contributed by atoms with Crippen molar-refractivity contribution in [2.45, 2.75) is 13.0 Å². The summed E-state index contributed by atoms with van der Waals surface area (Å²) in [4.78, 5) is 13.0. The van der Waals surface area contributed by atoms with Gasteiger partial charge in [0.25, 0.3) is 5.91 Å². The maximum atomic E-state index is 11.5. The highest BCUT2D eigenvalue weighted by molar-refractivity contribution is 6.30. The van der Waals surface area contributed by atoms with Crippen molar-refractivity contribution in [3.05, 3.63) is 29.3 Å². The van der Waals surface area contributed by atoms with E-state index in [0.717, 1.165) is 0 Å². The number of hydrogen-bond donors (Lipinski definition) is 0. The van der Waals surface area contributed by atoms with Crippen molar-refractivity contribution in [1.29, 1.82) is 0 Å². The summed E-state index contributed by atoms with van der Waals surface area (Å²) in [6.45, 7) is 1.72. The summed E-state index contributed by atoms with van der Waals surface area (Å²) in [5, 5.41) is 0.647. The van der Waals surface area contributed by atoms with Crippen molar-refractivity contribution in [1.82, 2.24) is 4.90 Å². The minimum absolute atomic E-state index is 0.0649. The van der Waals surface area contributed by atoms with Crippen molar-refractivity contribution in [3.63, 3.8) is 0 Å². The second-order valence-corrected chi connectivity index (χ2v) is 3.88. The van der Waals surface area contributed by atoms with Gasteiger partial charge in [-0.2, -0.15) is 0 Å². The number of likely N-dealkylation sites (N-methyl/N-ethyl adjacent to an activating group) is 1. The molecule has 82 valence electrons. The summed E-state index contributed by atoms with van der Waals surface area (Å²) in [5.74, 6) is 0.576. The Bertz CT molecular complexity index is 335. The van der Waals surface area contributed by atoms with Crippen molar-refractivity contribution >= 4 is 17.5 Å². The SMILES string of the molecule is CC(Oc1ccc(Cl)cc1)C(=O)N(C)C. The molecule has 1 rings (SSSR count). The molecule has 0 fully saturated rings. The lowest BCUT2D eigenvalue weighted by atomic mass is 10.3. The van der Waals surface area contributed by atoms with Crippen LogP contribution in [0.25, 0.3) is 0 Å². The third kappa shape index (κ3) is 3.44. The Hall–Kier alpha value is -1.22. The standard InChI is InChI=1S/C11H14ClNO2/c1-8(11(14)13(2)3)15-10-6-4-9(12)5-7-10/h4-8H,1-3H3. The van der Waals surface area contributed by atoms with Crippen LogP contribution in [0.3, 0.4) is 0 Å². The van der Waals surface area contributed by atoms with Gasteiger partial charge in [0.05, 0.1) is 0 Å². The maximum absolute atomic E-state index is 11.5. The fraction of sp³-hybridized carbons (Fsp3) is 0.364. The van der Waals surface area contributed by atoms with Crippen molar-refractivity contribution in [3.8, 4) is 5.75 Å². The number of hydrogen-bond acceptors (Lipinski definition) is 2. The number of carbonyl (C=O) groups is 1. The van der Waals surface area contributed by atoms with Gasteiger partial charge in [0.2, 0.25) is 0 Å². The van der Waals surface area contributed by atoms with Crippen LogP contribution in [0.5, 0.6) is 5.75 Å². The van der Waals surface area contributed by atoms with Crippen molar-refractivity contribution in [2.75, 3.05) is 14.1 Å². The molecule has 3 nitrogen and oxygen atoms in total. The number of carbonyl (C=O) groups excluding carboxylic acids is 1. The van der Waals surface area contributed by atoms with E-state index >= 15 is 0 Å². The van der Waals surface area contributed by atoms with Gasteiger partial charge >= 0.3 is 0 Å². The molecule has 0 saturated heterocycles. The summed E-state index contributed by atoms with van der Waals surface area (Å²) >= 11 is 5.73. The molecule has 0 aliphatic heterocycles. The normalized spacial score (nSPS) is 12.0. The molecule has 1 aromatic rings. The lowest BCUT2D eigenvalue weighted by Crippen LogP contribution is -2.35. The molecule has 0 N–H and O–H groups in total. The Morgan fingerprint density at radius 2 is 1.87 bits per heavy atom. The summed E-state index contributed by atoms with van der Waals surface area (Å²) in [5.41, 5.74) is 0. The van der Waals surface area contributed by atoms with Gasteiger partial charge in [0.1, 0.15) is 5.75 Å². The van der Waals surface area contributed by atoms with Crippen LogP contribution < -0.4 is 4.74 Å². The second kappa shape index (κ2) is 5.03. The van der Waals surface area contributed by atoms with Crippen LogP contribution in [0.2, 0.25) is 5.02 Å². The molecule has 0 aliphatic rings. The Morgan fingerprint density at radius 1 is 1.33 bits per heavy atom. The molecule has 4 heteroatoms. The lowest BCUT2D eigenvalue weighted by molar-refractivity contribution is -0.135. The van der Waals surface area contributed by atoms with E-state index in [-0.39, 0.29) is 5.91 Å². The number of ether oxygens (including phenoxy) is 1. The predicted octanol–water partition coefficient (Wildman–Crippen LogP) is 2.20. The molecule has 15 heavy (non-hydrogen) atoms. The predicted molar refractivity (Wildman–Crippen MR) is 60.2 cm³/mol. The van der Waals surface area contributed by atoms with Crippen LogP contribution in [0.4, 0.5) is 0 Å². The number of amides is 1. The minimum Gasteiger partial charge on any atom is -0.481 e. The van der Waals surface area contributed by atoms with Gasteiger partial charge < -0.3 is 9.64 Å². The third-order valence-corrected chi connectivity index (χ3v) is 2.17. The smallest absolute Gasteiger partial charge is 0.262 e. The molecular formula is C11H14ClNO2. The van der Waals surface area contributed by atoms with E-state index in [0.29, 0.717) is 10.8 Å². The first-order valence-corrected chi connectivity index (χ1v) is 5.02. The van der Waals surface area contributed by atoms with E-state index in [4.69, 9.17) is 16.3 Å². The number of rotatable bonds is 3. The Kier molecular flexibility index (Phi) is 3.97. The third-order valence-electron chi connectivity index (χ3n) is 1.92. The fourth-order valence-corrected chi connectivity index (χ4v) is 1.26. The molecule has 0 aliphatic carbocycles. The molecule has 0 aromatic heterocycles. The molecule has 0 saturated carbocycles. The zero-order valence-corrected chi connectivity index (χ0v) is 9.78. The molecule has 1 amide bonds. The molecular weight excluding hydrogens is 214 g/mol. The lowest BCUT2D eigenvalue weighted by Gasteiger charge is -2.18. The highest BCUT2D eigenvalue weighted by Gasteiger charge is 2.15. The summed E-state index contributed by atoms with van der Waals surface area (Å²) in [6, 6.07) is 6.93. The Labute approximate surface area is 94.6 Å². The second-order valence-electron chi connectivity index (χ2n) is 3.45. The van der Waals surface area contributed by atoms with Crippen molar-refractivity contribution in [2.24, 2.45) is 0 Å². The van der Waals surface area contributed by atoms with Gasteiger partial charge in [-0.25, -0.2) is 0 Å². The van der Waals surface area contributed by atoms with Gasteiger partial charge in [0, 0.05) is 19.1 Å². The largest absolute Gasteiger partial charge is 0.481 e. The van der Waals surface area contributed by atoms with Crippen LogP contribution in [-0.2, 0) is 4.79 Å².